The molecular formula is C17H15F2N3O2S. The van der Waals surface area contributed by atoms with Crippen molar-refractivity contribution in [3.8, 4) is 0 Å². The molecular weight excluding hydrogens is 348 g/mol. The average molecular weight is 363 g/mol. The van der Waals surface area contributed by atoms with Gasteiger partial charge in [-0.15, -0.1) is 11.3 Å². The predicted molar refractivity (Wildman–Crippen MR) is 93.3 cm³/mol. The molecule has 0 saturated heterocycles. The third kappa shape index (κ3) is 3.05. The molecule has 0 aliphatic heterocycles. The SMILES string of the molecule is Cc1sc2c(=O)n(C(C)C)cnc2c1C(=O)Nc1ccc(F)cc1F. The van der Waals surface area contributed by atoms with E-state index in [9.17, 15) is 18.4 Å². The van der Waals surface area contributed by atoms with Crippen LogP contribution in [0.1, 0.15) is 35.1 Å². The van der Waals surface area contributed by atoms with E-state index in [0.29, 0.717) is 15.6 Å². The van der Waals surface area contributed by atoms with Crippen LogP contribution in [-0.4, -0.2) is 15.5 Å². The number of thiophene rings is 1. The van der Waals surface area contributed by atoms with Crippen LogP contribution in [0.2, 0.25) is 0 Å². The molecule has 2 aromatic heterocycles. The Morgan fingerprint density at radius 2 is 2.04 bits per heavy atom. The maximum atomic E-state index is 13.8. The molecule has 25 heavy (non-hydrogen) atoms. The van der Waals surface area contributed by atoms with Gasteiger partial charge in [0.2, 0.25) is 0 Å². The van der Waals surface area contributed by atoms with Crippen molar-refractivity contribution in [3.05, 3.63) is 57.0 Å². The number of amides is 1. The second kappa shape index (κ2) is 6.36. The molecule has 1 N–H and O–H groups in total. The van der Waals surface area contributed by atoms with Gasteiger partial charge in [-0.2, -0.15) is 0 Å². The number of carbonyl (C=O) groups is 1. The van der Waals surface area contributed by atoms with Crippen LogP contribution in [-0.2, 0) is 0 Å². The summed E-state index contributed by atoms with van der Waals surface area (Å²) in [6, 6.07) is 2.83. The first kappa shape index (κ1) is 17.2. The number of carbonyl (C=O) groups excluding carboxylic acids is 1. The number of fused-ring (bicyclic) bond motifs is 1. The molecule has 8 heteroatoms. The van der Waals surface area contributed by atoms with E-state index in [1.165, 1.54) is 22.2 Å². The minimum Gasteiger partial charge on any atom is -0.319 e. The van der Waals surface area contributed by atoms with Gasteiger partial charge in [0, 0.05) is 17.0 Å². The molecule has 130 valence electrons. The average Bonchev–Trinajstić information content (AvgIpc) is 2.87. The molecule has 1 amide bonds. The van der Waals surface area contributed by atoms with Gasteiger partial charge in [-0.3, -0.25) is 14.2 Å². The van der Waals surface area contributed by atoms with Gasteiger partial charge in [0.1, 0.15) is 21.9 Å². The fourth-order valence-electron chi connectivity index (χ4n) is 2.50. The Bertz CT molecular complexity index is 1040. The van der Waals surface area contributed by atoms with Gasteiger partial charge in [0.05, 0.1) is 17.6 Å². The second-order valence-corrected chi connectivity index (χ2v) is 7.06. The van der Waals surface area contributed by atoms with E-state index in [1.54, 1.807) is 6.92 Å². The Labute approximate surface area is 145 Å². The fourth-order valence-corrected chi connectivity index (χ4v) is 3.54. The standard InChI is InChI=1S/C17H15F2N3O2S/c1-8(2)22-7-20-14-13(9(3)25-15(14)17(22)24)16(23)21-12-5-4-10(18)6-11(12)19/h4-8H,1-3H3,(H,21,23). The predicted octanol–water partition coefficient (Wildman–Crippen LogP) is 3.88. The molecule has 0 aliphatic carbocycles. The van der Waals surface area contributed by atoms with Crippen molar-refractivity contribution in [2.24, 2.45) is 0 Å². The summed E-state index contributed by atoms with van der Waals surface area (Å²) >= 11 is 1.17. The maximum Gasteiger partial charge on any atom is 0.271 e. The normalized spacial score (nSPS) is 11.3. The zero-order valence-corrected chi connectivity index (χ0v) is 14.6. The highest BCUT2D eigenvalue weighted by Crippen LogP contribution is 2.28. The van der Waals surface area contributed by atoms with Crippen LogP contribution in [0.3, 0.4) is 0 Å². The first-order chi connectivity index (χ1) is 11.8. The topological polar surface area (TPSA) is 64.0 Å². The summed E-state index contributed by atoms with van der Waals surface area (Å²) in [6.07, 6.45) is 1.40. The lowest BCUT2D eigenvalue weighted by Crippen LogP contribution is -2.22. The maximum absolute atomic E-state index is 13.8. The van der Waals surface area contributed by atoms with Gasteiger partial charge in [0.25, 0.3) is 11.5 Å². The molecule has 0 atom stereocenters. The van der Waals surface area contributed by atoms with Gasteiger partial charge in [-0.05, 0) is 32.9 Å². The number of aromatic nitrogens is 2. The van der Waals surface area contributed by atoms with E-state index in [4.69, 9.17) is 0 Å². The number of rotatable bonds is 3. The van der Waals surface area contributed by atoms with Crippen LogP contribution >= 0.6 is 11.3 Å². The van der Waals surface area contributed by atoms with E-state index in [2.05, 4.69) is 10.3 Å². The van der Waals surface area contributed by atoms with E-state index in [1.807, 2.05) is 13.8 Å². The summed E-state index contributed by atoms with van der Waals surface area (Å²) in [5.74, 6) is -2.20. The number of nitrogens with one attached hydrogen (secondary N) is 1. The van der Waals surface area contributed by atoms with Crippen molar-refractivity contribution < 1.29 is 13.6 Å². The third-order valence-corrected chi connectivity index (χ3v) is 4.84. The van der Waals surface area contributed by atoms with Crippen molar-refractivity contribution in [3.63, 3.8) is 0 Å². The first-order valence-electron chi connectivity index (χ1n) is 7.56. The number of hydrogen-bond donors (Lipinski definition) is 1. The molecule has 0 spiro atoms. The smallest absolute Gasteiger partial charge is 0.271 e. The largest absolute Gasteiger partial charge is 0.319 e. The van der Waals surface area contributed by atoms with E-state index >= 15 is 0 Å². The van der Waals surface area contributed by atoms with Crippen molar-refractivity contribution in [2.45, 2.75) is 26.8 Å². The Balaban J connectivity index is 2.06. The molecule has 3 aromatic rings. The fraction of sp³-hybridized carbons (Fsp3) is 0.235. The van der Waals surface area contributed by atoms with Crippen LogP contribution in [0.25, 0.3) is 10.2 Å². The van der Waals surface area contributed by atoms with Crippen LogP contribution in [0, 0.1) is 18.6 Å². The van der Waals surface area contributed by atoms with E-state index < -0.39 is 17.5 Å². The lowest BCUT2D eigenvalue weighted by molar-refractivity contribution is 0.102. The van der Waals surface area contributed by atoms with Crippen molar-refractivity contribution in [1.82, 2.24) is 9.55 Å². The van der Waals surface area contributed by atoms with Gasteiger partial charge in [0.15, 0.2) is 0 Å². The molecule has 0 saturated carbocycles. The van der Waals surface area contributed by atoms with Gasteiger partial charge in [-0.25, -0.2) is 13.8 Å². The van der Waals surface area contributed by atoms with Gasteiger partial charge in [-0.1, -0.05) is 0 Å². The molecule has 0 bridgehead atoms. The van der Waals surface area contributed by atoms with Gasteiger partial charge < -0.3 is 5.32 Å². The number of hydrogen-bond acceptors (Lipinski definition) is 4. The highest BCUT2D eigenvalue weighted by molar-refractivity contribution is 7.19. The number of halogens is 2. The molecule has 3 rings (SSSR count). The van der Waals surface area contributed by atoms with Crippen LogP contribution < -0.4 is 10.9 Å². The number of aryl methyl sites for hydroxylation is 1. The summed E-state index contributed by atoms with van der Waals surface area (Å²) in [5, 5.41) is 2.41. The molecule has 5 nitrogen and oxygen atoms in total. The Kier molecular flexibility index (Phi) is 4.38. The van der Waals surface area contributed by atoms with Crippen LogP contribution in [0.15, 0.2) is 29.3 Å². The molecule has 2 heterocycles. The molecule has 0 unspecified atom stereocenters. The molecule has 0 radical (unpaired) electrons. The van der Waals surface area contributed by atoms with Crippen LogP contribution in [0.4, 0.5) is 14.5 Å². The number of anilines is 1. The number of benzene rings is 1. The lowest BCUT2D eigenvalue weighted by Gasteiger charge is -2.09. The van der Waals surface area contributed by atoms with E-state index in [0.717, 1.165) is 12.1 Å². The van der Waals surface area contributed by atoms with Crippen molar-refractivity contribution in [1.29, 1.82) is 0 Å². The quantitative estimate of drug-likeness (QED) is 0.768. The summed E-state index contributed by atoms with van der Waals surface area (Å²) in [6.45, 7) is 5.42. The highest BCUT2D eigenvalue weighted by Gasteiger charge is 2.21. The Morgan fingerprint density at radius 3 is 2.68 bits per heavy atom. The van der Waals surface area contributed by atoms with Gasteiger partial charge >= 0.3 is 0 Å². The minimum absolute atomic E-state index is 0.0580. The van der Waals surface area contributed by atoms with E-state index in [-0.39, 0.29) is 28.4 Å². The Hall–Kier alpha value is -2.61. The van der Waals surface area contributed by atoms with Crippen LogP contribution in [0.5, 0.6) is 0 Å². The zero-order chi connectivity index (χ0) is 18.3. The summed E-state index contributed by atoms with van der Waals surface area (Å²) in [5.41, 5.74) is 0.141. The molecule has 0 fully saturated rings. The minimum atomic E-state index is -0.874. The second-order valence-electron chi connectivity index (χ2n) is 5.84. The Morgan fingerprint density at radius 1 is 1.32 bits per heavy atom. The molecule has 1 aromatic carbocycles. The molecule has 0 aliphatic rings. The number of nitrogens with zero attached hydrogens (tertiary/aromatic N) is 2. The monoisotopic (exact) mass is 363 g/mol. The van der Waals surface area contributed by atoms with Crippen molar-refractivity contribution in [2.75, 3.05) is 5.32 Å². The summed E-state index contributed by atoms with van der Waals surface area (Å²) in [7, 11) is 0. The van der Waals surface area contributed by atoms with Crippen molar-refractivity contribution >= 4 is 33.1 Å². The highest BCUT2D eigenvalue weighted by atomic mass is 32.1. The first-order valence-corrected chi connectivity index (χ1v) is 8.38. The zero-order valence-electron chi connectivity index (χ0n) is 13.8. The summed E-state index contributed by atoms with van der Waals surface area (Å²) < 4.78 is 28.6. The third-order valence-electron chi connectivity index (χ3n) is 3.76. The lowest BCUT2D eigenvalue weighted by atomic mass is 10.2. The summed E-state index contributed by atoms with van der Waals surface area (Å²) in [4.78, 5) is 29.9.